The van der Waals surface area contributed by atoms with Crippen LogP contribution in [0.15, 0.2) is 12.3 Å². The van der Waals surface area contributed by atoms with Crippen LogP contribution in [0, 0.1) is 5.92 Å². The third-order valence-electron chi connectivity index (χ3n) is 3.48. The summed E-state index contributed by atoms with van der Waals surface area (Å²) >= 11 is 0. The highest BCUT2D eigenvalue weighted by atomic mass is 15.1. The van der Waals surface area contributed by atoms with Gasteiger partial charge in [0, 0.05) is 19.2 Å². The van der Waals surface area contributed by atoms with Crippen molar-refractivity contribution in [3.05, 3.63) is 18.1 Å². The molecule has 1 saturated heterocycles. The number of nitrogens with two attached hydrogens (primary N) is 1. The lowest BCUT2D eigenvalue weighted by atomic mass is 9.97. The predicted molar refractivity (Wildman–Crippen MR) is 73.5 cm³/mol. The molecule has 1 aromatic heterocycles. The molecule has 1 aliphatic heterocycles. The van der Waals surface area contributed by atoms with E-state index >= 15 is 0 Å². The minimum atomic E-state index is 0.596. The van der Waals surface area contributed by atoms with E-state index in [9.17, 15) is 0 Å². The van der Waals surface area contributed by atoms with Crippen LogP contribution in [0.2, 0.25) is 0 Å². The Morgan fingerprint density at radius 2 is 2.22 bits per heavy atom. The molecular formula is C13H23N5. The van der Waals surface area contributed by atoms with Gasteiger partial charge in [0.15, 0.2) is 0 Å². The number of aromatic nitrogens is 2. The number of rotatable bonds is 5. The van der Waals surface area contributed by atoms with Gasteiger partial charge in [-0.1, -0.05) is 0 Å². The van der Waals surface area contributed by atoms with Crippen LogP contribution in [-0.4, -0.2) is 48.1 Å². The highest BCUT2D eigenvalue weighted by molar-refractivity contribution is 5.32. The topological polar surface area (TPSA) is 67.1 Å². The van der Waals surface area contributed by atoms with E-state index in [1.165, 1.54) is 25.9 Å². The number of piperidine rings is 1. The zero-order chi connectivity index (χ0) is 12.8. The van der Waals surface area contributed by atoms with E-state index in [1.54, 1.807) is 6.20 Å². The molecule has 3 N–H and O–H groups in total. The smallest absolute Gasteiger partial charge is 0.131 e. The van der Waals surface area contributed by atoms with Crippen molar-refractivity contribution in [2.24, 2.45) is 11.7 Å². The van der Waals surface area contributed by atoms with Crippen LogP contribution in [0.25, 0.3) is 0 Å². The lowest BCUT2D eigenvalue weighted by Gasteiger charge is -2.29. The summed E-state index contributed by atoms with van der Waals surface area (Å²) in [6.45, 7) is 4.01. The van der Waals surface area contributed by atoms with E-state index in [0.29, 0.717) is 6.54 Å². The molecule has 2 heterocycles. The van der Waals surface area contributed by atoms with Crippen molar-refractivity contribution in [2.75, 3.05) is 38.5 Å². The van der Waals surface area contributed by atoms with Crippen molar-refractivity contribution in [3.63, 3.8) is 0 Å². The van der Waals surface area contributed by atoms with Gasteiger partial charge in [0.25, 0.3) is 0 Å². The Kier molecular flexibility index (Phi) is 4.90. The molecule has 5 heteroatoms. The lowest BCUT2D eigenvalue weighted by molar-refractivity contribution is 0.226. The van der Waals surface area contributed by atoms with E-state index in [-0.39, 0.29) is 0 Å². The van der Waals surface area contributed by atoms with Crippen LogP contribution in [0.1, 0.15) is 18.7 Å². The first kappa shape index (κ1) is 13.2. The number of nitrogens with one attached hydrogen (secondary N) is 1. The molecular weight excluding hydrogens is 226 g/mol. The van der Waals surface area contributed by atoms with Crippen molar-refractivity contribution < 1.29 is 0 Å². The maximum atomic E-state index is 5.51. The van der Waals surface area contributed by atoms with Gasteiger partial charge in [-0.05, 0) is 51.5 Å². The van der Waals surface area contributed by atoms with Crippen LogP contribution in [0.5, 0.6) is 0 Å². The Bertz CT molecular complexity index is 360. The minimum Gasteiger partial charge on any atom is -0.370 e. The van der Waals surface area contributed by atoms with Gasteiger partial charge in [0.1, 0.15) is 11.6 Å². The quantitative estimate of drug-likeness (QED) is 0.805. The number of likely N-dealkylation sites (tertiary alicyclic amines) is 1. The van der Waals surface area contributed by atoms with Gasteiger partial charge in [-0.3, -0.25) is 0 Å². The third-order valence-corrected chi connectivity index (χ3v) is 3.48. The maximum absolute atomic E-state index is 5.51. The number of hydrogen-bond donors (Lipinski definition) is 2. The highest BCUT2D eigenvalue weighted by Crippen LogP contribution is 2.16. The van der Waals surface area contributed by atoms with Crippen LogP contribution in [-0.2, 0) is 6.42 Å². The Labute approximate surface area is 109 Å². The molecule has 0 unspecified atom stereocenters. The summed E-state index contributed by atoms with van der Waals surface area (Å²) in [6, 6.07) is 1.93. The molecule has 0 bridgehead atoms. The Morgan fingerprint density at radius 3 is 2.94 bits per heavy atom. The Balaban J connectivity index is 1.80. The summed E-state index contributed by atoms with van der Waals surface area (Å²) in [7, 11) is 2.19. The molecule has 0 atom stereocenters. The van der Waals surface area contributed by atoms with Gasteiger partial charge < -0.3 is 16.0 Å². The molecule has 1 aromatic rings. The fraction of sp³-hybridized carbons (Fsp3) is 0.692. The van der Waals surface area contributed by atoms with Crippen molar-refractivity contribution in [1.82, 2.24) is 14.9 Å². The summed E-state index contributed by atoms with van der Waals surface area (Å²) in [4.78, 5) is 11.0. The van der Waals surface area contributed by atoms with E-state index in [2.05, 4.69) is 27.2 Å². The van der Waals surface area contributed by atoms with E-state index in [0.717, 1.165) is 30.5 Å². The first-order chi connectivity index (χ1) is 8.78. The molecule has 0 saturated carbocycles. The average molecular weight is 249 g/mol. The van der Waals surface area contributed by atoms with Crippen LogP contribution < -0.4 is 11.1 Å². The lowest BCUT2D eigenvalue weighted by Crippen LogP contribution is -2.33. The second-order valence-electron chi connectivity index (χ2n) is 5.02. The van der Waals surface area contributed by atoms with Crippen LogP contribution >= 0.6 is 0 Å². The van der Waals surface area contributed by atoms with Gasteiger partial charge in [-0.2, -0.15) is 0 Å². The van der Waals surface area contributed by atoms with Crippen molar-refractivity contribution >= 4 is 5.82 Å². The molecule has 18 heavy (non-hydrogen) atoms. The fourth-order valence-corrected chi connectivity index (χ4v) is 2.26. The number of nitrogens with zero attached hydrogens (tertiary/aromatic N) is 3. The summed E-state index contributed by atoms with van der Waals surface area (Å²) in [5.74, 6) is 2.51. The predicted octanol–water partition coefficient (Wildman–Crippen LogP) is 0.732. The first-order valence-corrected chi connectivity index (χ1v) is 6.72. The van der Waals surface area contributed by atoms with Gasteiger partial charge in [-0.25, -0.2) is 9.97 Å². The van der Waals surface area contributed by atoms with Crippen molar-refractivity contribution in [3.8, 4) is 0 Å². The summed E-state index contributed by atoms with van der Waals surface area (Å²) < 4.78 is 0. The second kappa shape index (κ2) is 6.66. The summed E-state index contributed by atoms with van der Waals surface area (Å²) in [5.41, 5.74) is 5.51. The zero-order valence-electron chi connectivity index (χ0n) is 11.1. The second-order valence-corrected chi connectivity index (χ2v) is 5.02. The maximum Gasteiger partial charge on any atom is 0.131 e. The van der Waals surface area contributed by atoms with Crippen molar-refractivity contribution in [1.29, 1.82) is 0 Å². The van der Waals surface area contributed by atoms with Gasteiger partial charge in [0.2, 0.25) is 0 Å². The molecule has 2 rings (SSSR count). The Morgan fingerprint density at radius 1 is 1.44 bits per heavy atom. The van der Waals surface area contributed by atoms with E-state index < -0.39 is 0 Å². The molecule has 1 fully saturated rings. The monoisotopic (exact) mass is 249 g/mol. The van der Waals surface area contributed by atoms with Gasteiger partial charge in [0.05, 0.1) is 0 Å². The molecule has 0 amide bonds. The highest BCUT2D eigenvalue weighted by Gasteiger charge is 2.16. The van der Waals surface area contributed by atoms with Crippen LogP contribution in [0.3, 0.4) is 0 Å². The molecule has 0 radical (unpaired) electrons. The number of anilines is 1. The molecule has 0 aliphatic carbocycles. The Hall–Kier alpha value is -1.20. The van der Waals surface area contributed by atoms with E-state index in [1.807, 2.05) is 6.07 Å². The number of hydrogen-bond acceptors (Lipinski definition) is 5. The van der Waals surface area contributed by atoms with Crippen LogP contribution in [0.4, 0.5) is 5.82 Å². The molecule has 0 aromatic carbocycles. The molecule has 5 nitrogen and oxygen atoms in total. The first-order valence-electron chi connectivity index (χ1n) is 6.72. The summed E-state index contributed by atoms with van der Waals surface area (Å²) in [5, 5.41) is 3.42. The summed E-state index contributed by atoms with van der Waals surface area (Å²) in [6.07, 6.45) is 5.08. The van der Waals surface area contributed by atoms with Gasteiger partial charge >= 0.3 is 0 Å². The zero-order valence-corrected chi connectivity index (χ0v) is 11.1. The molecule has 1 aliphatic rings. The fourth-order valence-electron chi connectivity index (χ4n) is 2.26. The van der Waals surface area contributed by atoms with Gasteiger partial charge in [-0.15, -0.1) is 0 Å². The molecule has 0 spiro atoms. The largest absolute Gasteiger partial charge is 0.370 e. The molecule has 100 valence electrons. The van der Waals surface area contributed by atoms with E-state index in [4.69, 9.17) is 5.73 Å². The SMILES string of the molecule is CN1CCC(CNc2ccnc(CCN)n2)CC1. The minimum absolute atomic E-state index is 0.596. The van der Waals surface area contributed by atoms with Crippen molar-refractivity contribution in [2.45, 2.75) is 19.3 Å². The normalized spacial score (nSPS) is 17.9. The third kappa shape index (κ3) is 3.92. The standard InChI is InChI=1S/C13H23N5/c1-18-8-4-11(5-9-18)10-16-13-3-7-15-12(17-13)2-6-14/h3,7,11H,2,4-6,8-10,14H2,1H3,(H,15,16,17). The average Bonchev–Trinajstić information content (AvgIpc) is 2.39.